The van der Waals surface area contributed by atoms with Gasteiger partial charge in [-0.2, -0.15) is 0 Å². The van der Waals surface area contributed by atoms with Gasteiger partial charge in [0, 0.05) is 13.1 Å². The maximum Gasteiger partial charge on any atom is 0.328 e. The lowest BCUT2D eigenvalue weighted by Gasteiger charge is -2.11. The quantitative estimate of drug-likeness (QED) is 0.755. The summed E-state index contributed by atoms with van der Waals surface area (Å²) in [5.74, 6) is 0. The molecular weight excluding hydrogens is 218 g/mol. The second kappa shape index (κ2) is 3.85. The number of benzene rings is 1. The first-order valence-corrected chi connectivity index (χ1v) is 5.41. The average Bonchev–Trinajstić information content (AvgIpc) is 2.26. The minimum Gasteiger partial charge on any atom is -0.324 e. The highest BCUT2D eigenvalue weighted by Crippen LogP contribution is 2.20. The van der Waals surface area contributed by atoms with Crippen LogP contribution < -0.4 is 17.0 Å². The van der Waals surface area contributed by atoms with Gasteiger partial charge in [-0.3, -0.25) is 9.36 Å². The number of H-pyrrole nitrogens is 1. The normalized spacial score (nSPS) is 12.9. The number of nitrogens with two attached hydrogens (primary N) is 1. The fraction of sp³-hybridized carbons (Fsp3) is 0.333. The zero-order valence-electron chi connectivity index (χ0n) is 10.1. The highest BCUT2D eigenvalue weighted by Gasteiger charge is 2.11. The largest absolute Gasteiger partial charge is 0.328 e. The standard InChI is InChI=1S/C12H15N3O2/c1-6-4-8(7(2)13)10-9(5-6)11(16)15(3)12(17)14-10/h4-5,7H,13H2,1-3H3,(H,14,17)/t7-/m1/s1. The molecule has 1 aromatic heterocycles. The molecule has 5 nitrogen and oxygen atoms in total. The van der Waals surface area contributed by atoms with E-state index in [2.05, 4.69) is 4.98 Å². The van der Waals surface area contributed by atoms with Gasteiger partial charge in [-0.1, -0.05) is 6.07 Å². The summed E-state index contributed by atoms with van der Waals surface area (Å²) in [6.07, 6.45) is 0. The molecule has 0 aliphatic rings. The van der Waals surface area contributed by atoms with Crippen LogP contribution in [0, 0.1) is 6.92 Å². The van der Waals surface area contributed by atoms with Gasteiger partial charge in [0.15, 0.2) is 0 Å². The van der Waals surface area contributed by atoms with Gasteiger partial charge in [-0.05, 0) is 31.0 Å². The molecule has 0 amide bonds. The van der Waals surface area contributed by atoms with E-state index >= 15 is 0 Å². The van der Waals surface area contributed by atoms with Gasteiger partial charge in [-0.25, -0.2) is 4.79 Å². The van der Waals surface area contributed by atoms with E-state index in [1.54, 1.807) is 6.07 Å². The molecule has 1 aromatic carbocycles. The number of hydrogen-bond acceptors (Lipinski definition) is 3. The molecule has 0 saturated carbocycles. The Bertz CT molecular complexity index is 695. The first-order chi connectivity index (χ1) is 7.91. The van der Waals surface area contributed by atoms with Crippen molar-refractivity contribution in [3.05, 3.63) is 44.1 Å². The first-order valence-electron chi connectivity index (χ1n) is 5.41. The number of fused-ring (bicyclic) bond motifs is 1. The maximum atomic E-state index is 12.0. The van der Waals surface area contributed by atoms with Crippen molar-refractivity contribution in [2.24, 2.45) is 12.8 Å². The third-order valence-electron chi connectivity index (χ3n) is 2.88. The lowest BCUT2D eigenvalue weighted by atomic mass is 10.0. The minimum absolute atomic E-state index is 0.236. The molecule has 1 atom stereocenters. The van der Waals surface area contributed by atoms with Gasteiger partial charge in [-0.15, -0.1) is 0 Å². The molecule has 0 aliphatic heterocycles. The minimum atomic E-state index is -0.423. The smallest absolute Gasteiger partial charge is 0.324 e. The molecule has 5 heteroatoms. The summed E-state index contributed by atoms with van der Waals surface area (Å²) in [7, 11) is 1.45. The molecule has 0 bridgehead atoms. The number of aryl methyl sites for hydroxylation is 1. The molecule has 0 saturated heterocycles. The summed E-state index contributed by atoms with van der Waals surface area (Å²) >= 11 is 0. The van der Waals surface area contributed by atoms with Crippen molar-refractivity contribution in [3.8, 4) is 0 Å². The molecule has 2 aromatic rings. The van der Waals surface area contributed by atoms with Gasteiger partial charge >= 0.3 is 5.69 Å². The van der Waals surface area contributed by atoms with E-state index in [9.17, 15) is 9.59 Å². The summed E-state index contributed by atoms with van der Waals surface area (Å²) in [6.45, 7) is 3.72. The van der Waals surface area contributed by atoms with E-state index in [0.29, 0.717) is 10.9 Å². The van der Waals surface area contributed by atoms with E-state index in [-0.39, 0.29) is 11.6 Å². The zero-order valence-corrected chi connectivity index (χ0v) is 10.1. The monoisotopic (exact) mass is 233 g/mol. The lowest BCUT2D eigenvalue weighted by Crippen LogP contribution is -2.33. The van der Waals surface area contributed by atoms with Gasteiger partial charge in [0.2, 0.25) is 0 Å². The number of nitrogens with one attached hydrogen (secondary N) is 1. The Morgan fingerprint density at radius 1 is 1.35 bits per heavy atom. The van der Waals surface area contributed by atoms with Crippen molar-refractivity contribution in [1.29, 1.82) is 0 Å². The van der Waals surface area contributed by atoms with Crippen LogP contribution in [-0.2, 0) is 7.05 Å². The number of aromatic nitrogens is 2. The lowest BCUT2D eigenvalue weighted by molar-refractivity contribution is 0.782. The molecule has 0 spiro atoms. The number of hydrogen-bond donors (Lipinski definition) is 2. The van der Waals surface area contributed by atoms with Crippen LogP contribution in [0.2, 0.25) is 0 Å². The van der Waals surface area contributed by atoms with Crippen molar-refractivity contribution in [1.82, 2.24) is 9.55 Å². The molecule has 3 N–H and O–H groups in total. The Labute approximate surface area is 97.9 Å². The zero-order chi connectivity index (χ0) is 12.7. The molecule has 0 fully saturated rings. The van der Waals surface area contributed by atoms with Crippen molar-refractivity contribution in [2.45, 2.75) is 19.9 Å². The summed E-state index contributed by atoms with van der Waals surface area (Å²) in [4.78, 5) is 26.3. The summed E-state index contributed by atoms with van der Waals surface area (Å²) in [5, 5.41) is 0.499. The van der Waals surface area contributed by atoms with Crippen molar-refractivity contribution < 1.29 is 0 Å². The number of rotatable bonds is 1. The fourth-order valence-corrected chi connectivity index (χ4v) is 1.95. The Balaban J connectivity index is 3.05. The van der Waals surface area contributed by atoms with Crippen LogP contribution in [0.15, 0.2) is 21.7 Å². The Morgan fingerprint density at radius 3 is 2.59 bits per heavy atom. The van der Waals surface area contributed by atoms with Gasteiger partial charge < -0.3 is 10.7 Å². The van der Waals surface area contributed by atoms with Crippen LogP contribution in [0.25, 0.3) is 10.9 Å². The maximum absolute atomic E-state index is 12.0. The van der Waals surface area contributed by atoms with Gasteiger partial charge in [0.1, 0.15) is 0 Å². The predicted molar refractivity (Wildman–Crippen MR) is 67.1 cm³/mol. The molecule has 1 heterocycles. The van der Waals surface area contributed by atoms with Crippen molar-refractivity contribution in [3.63, 3.8) is 0 Å². The van der Waals surface area contributed by atoms with Crippen molar-refractivity contribution in [2.75, 3.05) is 0 Å². The van der Waals surface area contributed by atoms with E-state index in [1.807, 2.05) is 19.9 Å². The van der Waals surface area contributed by atoms with Gasteiger partial charge in [0.05, 0.1) is 10.9 Å². The molecule has 90 valence electrons. The molecule has 0 unspecified atom stereocenters. The predicted octanol–water partition coefficient (Wildman–Crippen LogP) is 0.555. The van der Waals surface area contributed by atoms with E-state index in [0.717, 1.165) is 15.7 Å². The SMILES string of the molecule is Cc1cc([C@@H](C)N)c2[nH]c(=O)n(C)c(=O)c2c1. The molecule has 0 aliphatic carbocycles. The molecule has 2 rings (SSSR count). The first kappa shape index (κ1) is 11.6. The fourth-order valence-electron chi connectivity index (χ4n) is 1.95. The van der Waals surface area contributed by atoms with Crippen molar-refractivity contribution >= 4 is 10.9 Å². The van der Waals surface area contributed by atoms with Crippen LogP contribution in [-0.4, -0.2) is 9.55 Å². The number of aromatic amines is 1. The van der Waals surface area contributed by atoms with Crippen LogP contribution in [0.4, 0.5) is 0 Å². The van der Waals surface area contributed by atoms with Crippen LogP contribution in [0.1, 0.15) is 24.1 Å². The highest BCUT2D eigenvalue weighted by atomic mass is 16.2. The van der Waals surface area contributed by atoms with E-state index < -0.39 is 5.69 Å². The third-order valence-corrected chi connectivity index (χ3v) is 2.88. The van der Waals surface area contributed by atoms with E-state index in [4.69, 9.17) is 5.73 Å². The molecule has 17 heavy (non-hydrogen) atoms. The van der Waals surface area contributed by atoms with Crippen LogP contribution in [0.5, 0.6) is 0 Å². The Hall–Kier alpha value is -1.88. The average molecular weight is 233 g/mol. The molecule has 0 radical (unpaired) electrons. The Kier molecular flexibility index (Phi) is 2.63. The second-order valence-electron chi connectivity index (χ2n) is 4.36. The summed E-state index contributed by atoms with van der Waals surface area (Å²) in [6, 6.07) is 3.42. The highest BCUT2D eigenvalue weighted by molar-refractivity contribution is 5.82. The topological polar surface area (TPSA) is 80.9 Å². The Morgan fingerprint density at radius 2 is 2.00 bits per heavy atom. The van der Waals surface area contributed by atoms with Crippen LogP contribution >= 0.6 is 0 Å². The van der Waals surface area contributed by atoms with E-state index in [1.165, 1.54) is 7.05 Å². The molecular formula is C12H15N3O2. The van der Waals surface area contributed by atoms with Gasteiger partial charge in [0.25, 0.3) is 5.56 Å². The summed E-state index contributed by atoms with van der Waals surface area (Å²) in [5.41, 5.74) is 7.42. The third kappa shape index (κ3) is 1.78. The second-order valence-corrected chi connectivity index (χ2v) is 4.36. The summed E-state index contributed by atoms with van der Waals surface area (Å²) < 4.78 is 1.06. The number of nitrogens with zero attached hydrogens (tertiary/aromatic N) is 1. The van der Waals surface area contributed by atoms with Crippen LogP contribution in [0.3, 0.4) is 0 Å².